The van der Waals surface area contributed by atoms with Gasteiger partial charge < -0.3 is 10.2 Å². The summed E-state index contributed by atoms with van der Waals surface area (Å²) in [6.07, 6.45) is 0.186. The predicted molar refractivity (Wildman–Crippen MR) is 91.2 cm³/mol. The Morgan fingerprint density at radius 3 is 2.57 bits per heavy atom. The minimum Gasteiger partial charge on any atom is -0.326 e. The molecule has 0 bridgehead atoms. The van der Waals surface area contributed by atoms with E-state index in [1.54, 1.807) is 35.2 Å². The van der Waals surface area contributed by atoms with Crippen LogP contribution in [0.15, 0.2) is 55.1 Å². The molecule has 3 rings (SSSR count). The first kappa shape index (κ1) is 15.3. The molecule has 5 heteroatoms. The van der Waals surface area contributed by atoms with E-state index in [2.05, 4.69) is 11.9 Å². The second-order valence-electron chi connectivity index (χ2n) is 5.26. The first-order chi connectivity index (χ1) is 11.1. The van der Waals surface area contributed by atoms with Crippen LogP contribution in [0.3, 0.4) is 0 Å². The van der Waals surface area contributed by atoms with Gasteiger partial charge in [-0.3, -0.25) is 9.59 Å². The van der Waals surface area contributed by atoms with E-state index in [9.17, 15) is 9.59 Å². The Kier molecular flexibility index (Phi) is 4.17. The monoisotopic (exact) mass is 326 g/mol. The molecule has 2 aromatic carbocycles. The number of benzene rings is 2. The van der Waals surface area contributed by atoms with Crippen LogP contribution in [-0.2, 0) is 4.79 Å². The Bertz CT molecular complexity index is 766. The summed E-state index contributed by atoms with van der Waals surface area (Å²) in [6, 6.07) is 14.3. The Balaban J connectivity index is 1.62. The van der Waals surface area contributed by atoms with Gasteiger partial charge in [0.15, 0.2) is 0 Å². The molecular weight excluding hydrogens is 312 g/mol. The zero-order chi connectivity index (χ0) is 16.4. The topological polar surface area (TPSA) is 49.4 Å². The van der Waals surface area contributed by atoms with Crippen molar-refractivity contribution in [3.05, 3.63) is 71.3 Å². The molecule has 1 aliphatic rings. The van der Waals surface area contributed by atoms with Crippen molar-refractivity contribution in [1.29, 1.82) is 0 Å². The molecule has 116 valence electrons. The number of rotatable bonds is 4. The molecule has 0 saturated carbocycles. The number of anilines is 1. The highest BCUT2D eigenvalue weighted by Gasteiger charge is 2.30. The lowest BCUT2D eigenvalue weighted by atomic mass is 10.1. The number of hydrogen-bond acceptors (Lipinski definition) is 2. The summed E-state index contributed by atoms with van der Waals surface area (Å²) in [4.78, 5) is 25.9. The largest absolute Gasteiger partial charge is 0.326 e. The SMILES string of the molecule is C=C1c2ccccc2C(=O)N1CCC(=O)Nc1cccc(Cl)c1. The van der Waals surface area contributed by atoms with Gasteiger partial charge in [0.05, 0.1) is 0 Å². The van der Waals surface area contributed by atoms with Gasteiger partial charge in [0.1, 0.15) is 0 Å². The van der Waals surface area contributed by atoms with Gasteiger partial charge in [-0.05, 0) is 24.3 Å². The van der Waals surface area contributed by atoms with Gasteiger partial charge in [-0.1, -0.05) is 42.4 Å². The molecule has 0 spiro atoms. The van der Waals surface area contributed by atoms with Crippen molar-refractivity contribution in [2.24, 2.45) is 0 Å². The molecule has 2 amide bonds. The van der Waals surface area contributed by atoms with Gasteiger partial charge in [0.25, 0.3) is 5.91 Å². The Morgan fingerprint density at radius 2 is 1.87 bits per heavy atom. The lowest BCUT2D eigenvalue weighted by molar-refractivity contribution is -0.116. The summed E-state index contributed by atoms with van der Waals surface area (Å²) in [7, 11) is 0. The molecule has 2 aromatic rings. The number of nitrogens with one attached hydrogen (secondary N) is 1. The normalized spacial score (nSPS) is 13.2. The fraction of sp³-hybridized carbons (Fsp3) is 0.111. The highest BCUT2D eigenvalue weighted by atomic mass is 35.5. The lowest BCUT2D eigenvalue weighted by Crippen LogP contribution is -2.27. The van der Waals surface area contributed by atoms with E-state index in [4.69, 9.17) is 11.6 Å². The maximum Gasteiger partial charge on any atom is 0.258 e. The molecule has 0 radical (unpaired) electrons. The van der Waals surface area contributed by atoms with E-state index in [1.165, 1.54) is 0 Å². The third kappa shape index (κ3) is 3.12. The molecular formula is C18H15ClN2O2. The average Bonchev–Trinajstić information content (AvgIpc) is 2.77. The van der Waals surface area contributed by atoms with Crippen molar-refractivity contribution in [2.75, 3.05) is 11.9 Å². The minimum absolute atomic E-state index is 0.110. The van der Waals surface area contributed by atoms with Crippen LogP contribution >= 0.6 is 11.6 Å². The van der Waals surface area contributed by atoms with Crippen LogP contribution < -0.4 is 5.32 Å². The molecule has 4 nitrogen and oxygen atoms in total. The van der Waals surface area contributed by atoms with Crippen molar-refractivity contribution in [3.63, 3.8) is 0 Å². The van der Waals surface area contributed by atoms with Crippen molar-refractivity contribution < 1.29 is 9.59 Å². The van der Waals surface area contributed by atoms with Gasteiger partial charge in [0, 0.05) is 40.5 Å². The molecule has 0 aliphatic carbocycles. The van der Waals surface area contributed by atoms with Gasteiger partial charge in [-0.15, -0.1) is 0 Å². The maximum atomic E-state index is 12.3. The Morgan fingerprint density at radius 1 is 1.13 bits per heavy atom. The molecule has 1 aliphatic heterocycles. The highest BCUT2D eigenvalue weighted by molar-refractivity contribution is 6.30. The van der Waals surface area contributed by atoms with E-state index < -0.39 is 0 Å². The molecule has 0 unspecified atom stereocenters. The second-order valence-corrected chi connectivity index (χ2v) is 5.69. The van der Waals surface area contributed by atoms with Crippen molar-refractivity contribution in [1.82, 2.24) is 4.90 Å². The van der Waals surface area contributed by atoms with Gasteiger partial charge in [-0.2, -0.15) is 0 Å². The fourth-order valence-corrected chi connectivity index (χ4v) is 2.76. The zero-order valence-corrected chi connectivity index (χ0v) is 13.1. The van der Waals surface area contributed by atoms with E-state index >= 15 is 0 Å². The lowest BCUT2D eigenvalue weighted by Gasteiger charge is -2.17. The van der Waals surface area contributed by atoms with Crippen LogP contribution in [0.5, 0.6) is 0 Å². The molecule has 23 heavy (non-hydrogen) atoms. The fourth-order valence-electron chi connectivity index (χ4n) is 2.57. The smallest absolute Gasteiger partial charge is 0.258 e. The predicted octanol–water partition coefficient (Wildman–Crippen LogP) is 3.80. The van der Waals surface area contributed by atoms with Crippen LogP contribution in [0.25, 0.3) is 5.70 Å². The third-order valence-electron chi connectivity index (χ3n) is 3.71. The zero-order valence-electron chi connectivity index (χ0n) is 12.4. The third-order valence-corrected chi connectivity index (χ3v) is 3.95. The second kappa shape index (κ2) is 6.26. The van der Waals surface area contributed by atoms with Crippen LogP contribution in [0.2, 0.25) is 5.02 Å². The van der Waals surface area contributed by atoms with Crippen LogP contribution in [0.4, 0.5) is 5.69 Å². The Hall–Kier alpha value is -2.59. The Labute approximate surface area is 139 Å². The minimum atomic E-state index is -0.177. The number of fused-ring (bicyclic) bond motifs is 1. The van der Waals surface area contributed by atoms with Crippen molar-refractivity contribution in [3.8, 4) is 0 Å². The van der Waals surface area contributed by atoms with Gasteiger partial charge in [0.2, 0.25) is 5.91 Å². The maximum absolute atomic E-state index is 12.3. The average molecular weight is 327 g/mol. The highest BCUT2D eigenvalue weighted by Crippen LogP contribution is 2.31. The molecule has 1 N–H and O–H groups in total. The summed E-state index contributed by atoms with van der Waals surface area (Å²) in [5.41, 5.74) is 2.74. The first-order valence-electron chi connectivity index (χ1n) is 7.22. The van der Waals surface area contributed by atoms with E-state index in [0.29, 0.717) is 28.5 Å². The van der Waals surface area contributed by atoms with Crippen LogP contribution in [0.1, 0.15) is 22.3 Å². The molecule has 0 aromatic heterocycles. The van der Waals surface area contributed by atoms with E-state index in [0.717, 1.165) is 5.56 Å². The van der Waals surface area contributed by atoms with Crippen molar-refractivity contribution >= 4 is 34.8 Å². The van der Waals surface area contributed by atoms with Crippen LogP contribution in [-0.4, -0.2) is 23.3 Å². The number of hydrogen-bond donors (Lipinski definition) is 1. The number of carbonyl (C=O) groups excluding carboxylic acids is 2. The quantitative estimate of drug-likeness (QED) is 0.929. The molecule has 0 atom stereocenters. The summed E-state index contributed by atoms with van der Waals surface area (Å²) >= 11 is 5.88. The summed E-state index contributed by atoms with van der Waals surface area (Å²) in [5, 5.41) is 3.32. The van der Waals surface area contributed by atoms with E-state index in [1.807, 2.05) is 18.2 Å². The number of halogens is 1. The molecule has 0 saturated heterocycles. The van der Waals surface area contributed by atoms with Crippen molar-refractivity contribution in [2.45, 2.75) is 6.42 Å². The van der Waals surface area contributed by atoms with Crippen LogP contribution in [0, 0.1) is 0 Å². The van der Waals surface area contributed by atoms with E-state index in [-0.39, 0.29) is 18.2 Å². The molecule has 1 heterocycles. The number of carbonyl (C=O) groups is 2. The molecule has 0 fully saturated rings. The number of nitrogens with zero attached hydrogens (tertiary/aromatic N) is 1. The summed E-state index contributed by atoms with van der Waals surface area (Å²) < 4.78 is 0. The van der Waals surface area contributed by atoms with Gasteiger partial charge >= 0.3 is 0 Å². The number of amides is 2. The van der Waals surface area contributed by atoms with Gasteiger partial charge in [-0.25, -0.2) is 0 Å². The first-order valence-corrected chi connectivity index (χ1v) is 7.59. The summed E-state index contributed by atoms with van der Waals surface area (Å²) in [5.74, 6) is -0.287. The summed E-state index contributed by atoms with van der Waals surface area (Å²) in [6.45, 7) is 4.25. The standard InChI is InChI=1S/C18H15ClN2O2/c1-12-15-7-2-3-8-16(15)18(23)21(12)10-9-17(22)20-14-6-4-5-13(19)11-14/h2-8,11H,1,9-10H2,(H,20,22).